The predicted octanol–water partition coefficient (Wildman–Crippen LogP) is 2.08. The van der Waals surface area contributed by atoms with E-state index in [1.165, 1.54) is 34.5 Å². The van der Waals surface area contributed by atoms with Gasteiger partial charge >= 0.3 is 12.1 Å². The Bertz CT molecular complexity index is 1130. The van der Waals surface area contributed by atoms with Crippen LogP contribution in [0.25, 0.3) is 0 Å². The summed E-state index contributed by atoms with van der Waals surface area (Å²) >= 11 is 0. The minimum atomic E-state index is -5.11. The number of aromatic nitrogens is 2. The molecule has 13 heteroatoms. The molecule has 1 aromatic heterocycles. The SMILES string of the molecule is CC(C)n1nccc1C(=O)N1CCOC[C@@H]1CN(C)C(=O)c1ccc(C(=N)NC(=O)C(F)(F)F)cc1. The van der Waals surface area contributed by atoms with E-state index in [1.807, 2.05) is 13.8 Å². The van der Waals surface area contributed by atoms with E-state index in [0.717, 1.165) is 0 Å². The van der Waals surface area contributed by atoms with Gasteiger partial charge in [0.2, 0.25) is 0 Å². The monoisotopic (exact) mass is 508 g/mol. The third kappa shape index (κ3) is 6.08. The van der Waals surface area contributed by atoms with Gasteiger partial charge in [0.15, 0.2) is 0 Å². The van der Waals surface area contributed by atoms with Crippen LogP contribution in [-0.4, -0.2) is 88.7 Å². The topological polar surface area (TPSA) is 121 Å². The van der Waals surface area contributed by atoms with Gasteiger partial charge in [-0.3, -0.25) is 24.5 Å². The summed E-state index contributed by atoms with van der Waals surface area (Å²) in [7, 11) is 1.57. The highest BCUT2D eigenvalue weighted by Crippen LogP contribution is 2.18. The largest absolute Gasteiger partial charge is 0.471 e. The van der Waals surface area contributed by atoms with Crippen molar-refractivity contribution in [1.29, 1.82) is 5.41 Å². The average molecular weight is 509 g/mol. The van der Waals surface area contributed by atoms with E-state index >= 15 is 0 Å². The van der Waals surface area contributed by atoms with Gasteiger partial charge in [-0.25, -0.2) is 0 Å². The molecule has 2 aromatic rings. The molecule has 1 aliphatic heterocycles. The Morgan fingerprint density at radius 1 is 1.19 bits per heavy atom. The Kier molecular flexibility index (Phi) is 8.13. The van der Waals surface area contributed by atoms with Gasteiger partial charge in [-0.1, -0.05) is 12.1 Å². The lowest BCUT2D eigenvalue weighted by atomic mass is 10.1. The zero-order valence-corrected chi connectivity index (χ0v) is 20.0. The van der Waals surface area contributed by atoms with Gasteiger partial charge in [-0.05, 0) is 32.0 Å². The number of halogens is 3. The van der Waals surface area contributed by atoms with Gasteiger partial charge in [-0.2, -0.15) is 18.3 Å². The molecule has 194 valence electrons. The lowest BCUT2D eigenvalue weighted by Gasteiger charge is -2.37. The van der Waals surface area contributed by atoms with Crippen LogP contribution in [0.1, 0.15) is 46.3 Å². The number of morpholine rings is 1. The third-order valence-corrected chi connectivity index (χ3v) is 5.61. The molecule has 1 fully saturated rings. The average Bonchev–Trinajstić information content (AvgIpc) is 3.33. The quantitative estimate of drug-likeness (QED) is 0.457. The molecule has 0 radical (unpaired) electrons. The van der Waals surface area contributed by atoms with Gasteiger partial charge in [-0.15, -0.1) is 0 Å². The fourth-order valence-electron chi connectivity index (χ4n) is 3.77. The van der Waals surface area contributed by atoms with Crippen molar-refractivity contribution >= 4 is 23.6 Å². The number of carbonyl (C=O) groups is 3. The molecule has 1 atom stereocenters. The van der Waals surface area contributed by atoms with Crippen LogP contribution in [0.3, 0.4) is 0 Å². The van der Waals surface area contributed by atoms with E-state index < -0.39 is 29.9 Å². The van der Waals surface area contributed by atoms with Crippen molar-refractivity contribution in [3.8, 4) is 0 Å². The Morgan fingerprint density at radius 3 is 2.44 bits per heavy atom. The summed E-state index contributed by atoms with van der Waals surface area (Å²) in [5.74, 6) is -3.59. The summed E-state index contributed by atoms with van der Waals surface area (Å²) in [6, 6.07) is 6.49. The molecule has 2 N–H and O–H groups in total. The van der Waals surface area contributed by atoms with Gasteiger partial charge in [0, 0.05) is 43.5 Å². The summed E-state index contributed by atoms with van der Waals surface area (Å²) in [5, 5.41) is 13.3. The number of amidine groups is 1. The van der Waals surface area contributed by atoms with Crippen molar-refractivity contribution in [2.24, 2.45) is 0 Å². The van der Waals surface area contributed by atoms with Crippen LogP contribution in [0.15, 0.2) is 36.5 Å². The number of nitrogens with zero attached hydrogens (tertiary/aromatic N) is 4. The highest BCUT2D eigenvalue weighted by atomic mass is 19.4. The van der Waals surface area contributed by atoms with E-state index in [1.54, 1.807) is 28.9 Å². The second kappa shape index (κ2) is 10.9. The Morgan fingerprint density at radius 2 is 1.83 bits per heavy atom. The molecule has 0 spiro atoms. The Hall–Kier alpha value is -3.74. The fraction of sp³-hybridized carbons (Fsp3) is 0.435. The Labute approximate surface area is 205 Å². The highest BCUT2D eigenvalue weighted by Gasteiger charge is 2.39. The number of alkyl halides is 3. The zero-order valence-electron chi connectivity index (χ0n) is 20.0. The molecule has 1 aliphatic rings. The summed E-state index contributed by atoms with van der Waals surface area (Å²) in [4.78, 5) is 40.3. The number of amides is 3. The van der Waals surface area contributed by atoms with Crippen LogP contribution >= 0.6 is 0 Å². The molecular weight excluding hydrogens is 481 g/mol. The van der Waals surface area contributed by atoms with Crippen molar-refractivity contribution in [3.05, 3.63) is 53.3 Å². The Balaban J connectivity index is 1.67. The first-order valence-corrected chi connectivity index (χ1v) is 11.1. The van der Waals surface area contributed by atoms with Crippen molar-refractivity contribution in [2.45, 2.75) is 32.1 Å². The molecule has 0 saturated carbocycles. The molecule has 1 saturated heterocycles. The maximum absolute atomic E-state index is 13.2. The van der Waals surface area contributed by atoms with Crippen LogP contribution in [0.4, 0.5) is 13.2 Å². The van der Waals surface area contributed by atoms with E-state index in [0.29, 0.717) is 18.8 Å². The first-order valence-electron chi connectivity index (χ1n) is 11.1. The maximum atomic E-state index is 13.2. The number of hydrogen-bond acceptors (Lipinski definition) is 6. The molecule has 0 unspecified atom stereocenters. The summed E-state index contributed by atoms with van der Waals surface area (Å²) in [6.07, 6.45) is -3.55. The maximum Gasteiger partial charge on any atom is 0.471 e. The number of benzene rings is 1. The lowest BCUT2D eigenvalue weighted by molar-refractivity contribution is -0.171. The molecule has 2 heterocycles. The van der Waals surface area contributed by atoms with Crippen LogP contribution in [0.2, 0.25) is 0 Å². The van der Waals surface area contributed by atoms with Crippen LogP contribution in [-0.2, 0) is 9.53 Å². The predicted molar refractivity (Wildman–Crippen MR) is 123 cm³/mol. The second-order valence-corrected chi connectivity index (χ2v) is 8.57. The molecule has 0 bridgehead atoms. The molecule has 0 aliphatic carbocycles. The summed E-state index contributed by atoms with van der Waals surface area (Å²) in [5.41, 5.74) is 0.677. The number of hydrogen-bond donors (Lipinski definition) is 2. The van der Waals surface area contributed by atoms with Crippen molar-refractivity contribution in [2.75, 3.05) is 33.4 Å². The van der Waals surface area contributed by atoms with Crippen molar-refractivity contribution < 1.29 is 32.3 Å². The van der Waals surface area contributed by atoms with Crippen LogP contribution < -0.4 is 5.32 Å². The normalized spacial score (nSPS) is 16.1. The standard InChI is InChI=1S/C23H27F3N6O4/c1-14(2)32-18(8-9-28-32)21(34)31-10-11-36-13-17(31)12-30(3)20(33)16-6-4-15(5-7-16)19(27)29-22(35)23(24,25)26/h4-9,14,17H,10-13H2,1-3H3,(H2,27,29,35)/t17-/m0/s1. The molecule has 1 aromatic carbocycles. The first kappa shape index (κ1) is 26.9. The van der Waals surface area contributed by atoms with Crippen LogP contribution in [0.5, 0.6) is 0 Å². The fourth-order valence-corrected chi connectivity index (χ4v) is 3.77. The minimum Gasteiger partial charge on any atom is -0.377 e. The molecule has 3 rings (SSSR count). The molecule has 10 nitrogen and oxygen atoms in total. The highest BCUT2D eigenvalue weighted by molar-refractivity contribution is 6.08. The van der Waals surface area contributed by atoms with E-state index in [-0.39, 0.29) is 36.2 Å². The molecule has 3 amide bonds. The second-order valence-electron chi connectivity index (χ2n) is 8.57. The third-order valence-electron chi connectivity index (χ3n) is 5.61. The van der Waals surface area contributed by atoms with Gasteiger partial charge < -0.3 is 19.9 Å². The number of ether oxygens (including phenoxy) is 1. The van der Waals surface area contributed by atoms with Crippen molar-refractivity contribution in [3.63, 3.8) is 0 Å². The van der Waals surface area contributed by atoms with Crippen molar-refractivity contribution in [1.82, 2.24) is 24.9 Å². The first-order chi connectivity index (χ1) is 16.9. The van der Waals surface area contributed by atoms with E-state index in [9.17, 15) is 27.6 Å². The smallest absolute Gasteiger partial charge is 0.377 e. The number of rotatable bonds is 6. The number of likely N-dealkylation sites (N-methyl/N-ethyl adjacent to an activating group) is 1. The van der Waals surface area contributed by atoms with Gasteiger partial charge in [0.05, 0.1) is 19.3 Å². The lowest BCUT2D eigenvalue weighted by Crippen LogP contribution is -2.54. The van der Waals surface area contributed by atoms with E-state index in [2.05, 4.69) is 5.10 Å². The minimum absolute atomic E-state index is 0.00557. The number of nitrogens with one attached hydrogen (secondary N) is 2. The summed E-state index contributed by atoms with van der Waals surface area (Å²) < 4.78 is 44.4. The van der Waals surface area contributed by atoms with Gasteiger partial charge in [0.1, 0.15) is 11.5 Å². The van der Waals surface area contributed by atoms with Gasteiger partial charge in [0.25, 0.3) is 11.8 Å². The summed E-state index contributed by atoms with van der Waals surface area (Å²) in [6.45, 7) is 4.99. The number of carbonyl (C=O) groups excluding carboxylic acids is 3. The zero-order chi connectivity index (χ0) is 26.6. The molecule has 36 heavy (non-hydrogen) atoms. The molecular formula is C23H27F3N6O4. The van der Waals surface area contributed by atoms with Crippen LogP contribution in [0, 0.1) is 5.41 Å². The van der Waals surface area contributed by atoms with E-state index in [4.69, 9.17) is 10.1 Å².